The van der Waals surface area contributed by atoms with Crippen molar-refractivity contribution in [1.29, 1.82) is 0 Å². The first-order chi connectivity index (χ1) is 7.10. The van der Waals surface area contributed by atoms with Gasteiger partial charge in [-0.15, -0.1) is 6.42 Å². The number of terminal acetylenes is 1. The summed E-state index contributed by atoms with van der Waals surface area (Å²) in [5.41, 5.74) is 3.54. The second kappa shape index (κ2) is 4.99. The van der Waals surface area contributed by atoms with E-state index in [0.717, 1.165) is 18.7 Å². The number of rotatable bonds is 4. The summed E-state index contributed by atoms with van der Waals surface area (Å²) in [5.74, 6) is 2.77. The molecule has 1 atom stereocenters. The van der Waals surface area contributed by atoms with E-state index in [1.807, 2.05) is 18.7 Å². The third kappa shape index (κ3) is 2.60. The molecule has 0 saturated heterocycles. The third-order valence-corrected chi connectivity index (χ3v) is 2.72. The molecule has 0 fully saturated rings. The van der Waals surface area contributed by atoms with E-state index in [9.17, 15) is 0 Å². The van der Waals surface area contributed by atoms with E-state index in [-0.39, 0.29) is 6.04 Å². The smallest absolute Gasteiger partial charge is 0.0729 e. The molecule has 82 valence electrons. The molecule has 0 aliphatic rings. The first-order valence-corrected chi connectivity index (χ1v) is 5.28. The molecule has 0 saturated carbocycles. The Bertz CT molecular complexity index is 371. The Morgan fingerprint density at radius 3 is 2.60 bits per heavy atom. The second-order valence-electron chi connectivity index (χ2n) is 3.75. The Morgan fingerprint density at radius 1 is 1.53 bits per heavy atom. The van der Waals surface area contributed by atoms with Crippen molar-refractivity contribution in [2.75, 3.05) is 6.54 Å². The maximum atomic E-state index is 5.47. The molecule has 3 heteroatoms. The lowest BCUT2D eigenvalue weighted by Gasteiger charge is -2.11. The van der Waals surface area contributed by atoms with Gasteiger partial charge in [0.25, 0.3) is 0 Å². The zero-order chi connectivity index (χ0) is 11.4. The quantitative estimate of drug-likeness (QED) is 0.748. The second-order valence-corrected chi connectivity index (χ2v) is 3.75. The molecule has 15 heavy (non-hydrogen) atoms. The minimum Gasteiger partial charge on any atom is -0.304 e. The first kappa shape index (κ1) is 11.8. The van der Waals surface area contributed by atoms with Crippen molar-refractivity contribution in [3.8, 4) is 12.3 Å². The van der Waals surface area contributed by atoms with E-state index in [1.165, 1.54) is 11.3 Å². The fourth-order valence-electron chi connectivity index (χ4n) is 1.75. The van der Waals surface area contributed by atoms with Crippen LogP contribution in [0.1, 0.15) is 23.9 Å². The van der Waals surface area contributed by atoms with Gasteiger partial charge in [0.2, 0.25) is 0 Å². The van der Waals surface area contributed by atoms with Gasteiger partial charge < -0.3 is 5.32 Å². The standard InChI is InChI=1S/C12H19N3/c1-6-11(13-7-2)8-12-9(3)14-15(5)10(12)4/h1,11,13H,7-8H2,2-5H3. The van der Waals surface area contributed by atoms with Gasteiger partial charge in [0.05, 0.1) is 11.7 Å². The molecule has 0 spiro atoms. The van der Waals surface area contributed by atoms with Crippen LogP contribution in [-0.2, 0) is 13.5 Å². The van der Waals surface area contributed by atoms with E-state index < -0.39 is 0 Å². The fraction of sp³-hybridized carbons (Fsp3) is 0.583. The molecule has 1 aromatic rings. The minimum atomic E-state index is 0.108. The molecular formula is C12H19N3. The molecule has 1 rings (SSSR count). The molecule has 3 nitrogen and oxygen atoms in total. The van der Waals surface area contributed by atoms with Gasteiger partial charge in [-0.1, -0.05) is 12.8 Å². The predicted octanol–water partition coefficient (Wildman–Crippen LogP) is 1.19. The summed E-state index contributed by atoms with van der Waals surface area (Å²) in [6, 6.07) is 0.108. The van der Waals surface area contributed by atoms with Crippen molar-refractivity contribution in [1.82, 2.24) is 15.1 Å². The number of likely N-dealkylation sites (N-methyl/N-ethyl adjacent to an activating group) is 1. The lowest BCUT2D eigenvalue weighted by molar-refractivity contribution is 0.624. The van der Waals surface area contributed by atoms with Gasteiger partial charge in [0.15, 0.2) is 0 Å². The monoisotopic (exact) mass is 205 g/mol. The number of aromatic nitrogens is 2. The highest BCUT2D eigenvalue weighted by molar-refractivity contribution is 5.27. The summed E-state index contributed by atoms with van der Waals surface area (Å²) in [7, 11) is 1.96. The Kier molecular flexibility index (Phi) is 3.93. The largest absolute Gasteiger partial charge is 0.304 e. The predicted molar refractivity (Wildman–Crippen MR) is 62.7 cm³/mol. The molecular weight excluding hydrogens is 186 g/mol. The van der Waals surface area contributed by atoms with Gasteiger partial charge in [-0.2, -0.15) is 5.10 Å². The van der Waals surface area contributed by atoms with Crippen molar-refractivity contribution < 1.29 is 0 Å². The molecule has 0 aromatic carbocycles. The number of nitrogens with one attached hydrogen (secondary N) is 1. The van der Waals surface area contributed by atoms with Crippen molar-refractivity contribution in [3.05, 3.63) is 17.0 Å². The Morgan fingerprint density at radius 2 is 2.20 bits per heavy atom. The summed E-state index contributed by atoms with van der Waals surface area (Å²) in [6.07, 6.45) is 6.33. The normalized spacial score (nSPS) is 12.5. The summed E-state index contributed by atoms with van der Waals surface area (Å²) in [4.78, 5) is 0. The molecule has 0 aliphatic carbocycles. The number of hydrogen-bond acceptors (Lipinski definition) is 2. The topological polar surface area (TPSA) is 29.9 Å². The van der Waals surface area contributed by atoms with Gasteiger partial charge in [0, 0.05) is 19.2 Å². The number of nitrogens with zero attached hydrogens (tertiary/aromatic N) is 2. The van der Waals surface area contributed by atoms with E-state index in [4.69, 9.17) is 6.42 Å². The maximum Gasteiger partial charge on any atom is 0.0729 e. The average Bonchev–Trinajstić information content (AvgIpc) is 2.44. The van der Waals surface area contributed by atoms with Crippen LogP contribution >= 0.6 is 0 Å². The molecule has 1 N–H and O–H groups in total. The van der Waals surface area contributed by atoms with Crippen LogP contribution in [0.2, 0.25) is 0 Å². The summed E-state index contributed by atoms with van der Waals surface area (Å²) < 4.78 is 1.91. The Labute approximate surface area is 91.9 Å². The van der Waals surface area contributed by atoms with Crippen molar-refractivity contribution in [2.24, 2.45) is 7.05 Å². The highest BCUT2D eigenvalue weighted by Crippen LogP contribution is 2.13. The lowest BCUT2D eigenvalue weighted by Crippen LogP contribution is -2.29. The molecule has 0 bridgehead atoms. The van der Waals surface area contributed by atoms with E-state index >= 15 is 0 Å². The van der Waals surface area contributed by atoms with E-state index in [0.29, 0.717) is 0 Å². The molecule has 0 amide bonds. The van der Waals surface area contributed by atoms with E-state index in [1.54, 1.807) is 0 Å². The van der Waals surface area contributed by atoms with Crippen molar-refractivity contribution in [3.63, 3.8) is 0 Å². The third-order valence-electron chi connectivity index (χ3n) is 2.72. The number of hydrogen-bond donors (Lipinski definition) is 1. The summed E-state index contributed by atoms with van der Waals surface area (Å²) in [6.45, 7) is 7.07. The summed E-state index contributed by atoms with van der Waals surface area (Å²) >= 11 is 0. The zero-order valence-electron chi connectivity index (χ0n) is 9.96. The highest BCUT2D eigenvalue weighted by Gasteiger charge is 2.13. The fourth-order valence-corrected chi connectivity index (χ4v) is 1.75. The van der Waals surface area contributed by atoms with Gasteiger partial charge in [0.1, 0.15) is 0 Å². The maximum absolute atomic E-state index is 5.47. The van der Waals surface area contributed by atoms with Gasteiger partial charge in [-0.3, -0.25) is 4.68 Å². The van der Waals surface area contributed by atoms with Gasteiger partial charge in [-0.05, 0) is 26.0 Å². The van der Waals surface area contributed by atoms with Crippen LogP contribution in [0.5, 0.6) is 0 Å². The summed E-state index contributed by atoms with van der Waals surface area (Å²) in [5, 5.41) is 7.65. The van der Waals surface area contributed by atoms with Crippen LogP contribution in [0.15, 0.2) is 0 Å². The van der Waals surface area contributed by atoms with Crippen molar-refractivity contribution in [2.45, 2.75) is 33.2 Å². The van der Waals surface area contributed by atoms with Crippen LogP contribution in [0.4, 0.5) is 0 Å². The lowest BCUT2D eigenvalue weighted by atomic mass is 10.0. The zero-order valence-corrected chi connectivity index (χ0v) is 9.96. The van der Waals surface area contributed by atoms with Crippen LogP contribution in [-0.4, -0.2) is 22.4 Å². The average molecular weight is 205 g/mol. The van der Waals surface area contributed by atoms with Crippen molar-refractivity contribution >= 4 is 0 Å². The van der Waals surface area contributed by atoms with Crippen LogP contribution in [0.25, 0.3) is 0 Å². The molecule has 0 aliphatic heterocycles. The highest BCUT2D eigenvalue weighted by atomic mass is 15.3. The first-order valence-electron chi connectivity index (χ1n) is 5.28. The number of aryl methyl sites for hydroxylation is 2. The molecule has 1 aromatic heterocycles. The molecule has 0 radical (unpaired) electrons. The van der Waals surface area contributed by atoms with Gasteiger partial charge in [-0.25, -0.2) is 0 Å². The minimum absolute atomic E-state index is 0.108. The SMILES string of the molecule is C#CC(Cc1c(C)nn(C)c1C)NCC. The molecule has 1 unspecified atom stereocenters. The van der Waals surface area contributed by atoms with E-state index in [2.05, 4.69) is 30.2 Å². The van der Waals surface area contributed by atoms with Gasteiger partial charge >= 0.3 is 0 Å². The van der Waals surface area contributed by atoms with Crippen LogP contribution in [0, 0.1) is 26.2 Å². The molecule has 1 heterocycles. The Balaban J connectivity index is 2.84. The van der Waals surface area contributed by atoms with Crippen LogP contribution in [0.3, 0.4) is 0 Å². The Hall–Kier alpha value is -1.27. The van der Waals surface area contributed by atoms with Crippen LogP contribution < -0.4 is 5.32 Å².